The third kappa shape index (κ3) is 1.75. The lowest BCUT2D eigenvalue weighted by Gasteiger charge is -2.58. The number of fused-ring (bicyclic) bond motifs is 5. The number of nitriles is 1. The Balaban J connectivity index is 1.66. The highest BCUT2D eigenvalue weighted by molar-refractivity contribution is 5.87. The molecule has 0 saturated heterocycles. The van der Waals surface area contributed by atoms with Gasteiger partial charge in [-0.15, -0.1) is 0 Å². The van der Waals surface area contributed by atoms with Crippen LogP contribution in [-0.4, -0.2) is 5.78 Å². The zero-order valence-corrected chi connectivity index (χ0v) is 13.9. The van der Waals surface area contributed by atoms with Crippen LogP contribution in [0.1, 0.15) is 65.2 Å². The fourth-order valence-corrected chi connectivity index (χ4v) is 6.72. The molecule has 0 aromatic carbocycles. The van der Waals surface area contributed by atoms with Gasteiger partial charge in [0, 0.05) is 17.4 Å². The van der Waals surface area contributed by atoms with Gasteiger partial charge in [-0.1, -0.05) is 19.9 Å². The van der Waals surface area contributed by atoms with Crippen LogP contribution in [0.4, 0.5) is 0 Å². The van der Waals surface area contributed by atoms with Crippen LogP contribution >= 0.6 is 0 Å². The average molecular weight is 297 g/mol. The van der Waals surface area contributed by atoms with Gasteiger partial charge in [-0.3, -0.25) is 4.79 Å². The summed E-state index contributed by atoms with van der Waals surface area (Å²) < 4.78 is 0. The summed E-state index contributed by atoms with van der Waals surface area (Å²) in [7, 11) is 0. The highest BCUT2D eigenvalue weighted by Gasteiger charge is 2.59. The number of nitrogens with zero attached hydrogens (tertiary/aromatic N) is 1. The molecule has 4 aliphatic rings. The van der Waals surface area contributed by atoms with E-state index in [1.807, 2.05) is 0 Å². The Morgan fingerprint density at radius 3 is 2.68 bits per heavy atom. The maximum Gasteiger partial charge on any atom is 0.139 e. The van der Waals surface area contributed by atoms with Gasteiger partial charge in [0.25, 0.3) is 0 Å². The van der Waals surface area contributed by atoms with Crippen molar-refractivity contribution in [2.24, 2.45) is 34.5 Å². The number of carbonyl (C=O) groups excluding carboxylic acids is 1. The number of rotatable bonds is 0. The van der Waals surface area contributed by atoms with Gasteiger partial charge in [-0.25, -0.2) is 0 Å². The minimum atomic E-state index is -0.00726. The summed E-state index contributed by atoms with van der Waals surface area (Å²) in [6.07, 6.45) is 11.2. The normalized spacial score (nSPS) is 50.4. The quantitative estimate of drug-likeness (QED) is 0.652. The lowest BCUT2D eigenvalue weighted by atomic mass is 9.46. The van der Waals surface area contributed by atoms with E-state index in [2.05, 4.69) is 26.0 Å². The van der Waals surface area contributed by atoms with E-state index in [1.54, 1.807) is 0 Å². The molecule has 6 unspecified atom stereocenters. The second-order valence-electron chi connectivity index (χ2n) is 8.79. The standard InChI is InChI=1S/C20H27NO/c1-19-9-7-13(12-21)11-14(19)3-4-15-16-5-6-18(22)20(16,2)10-8-17(15)19/h11,14-17H,3-10H2,1-2H3. The summed E-state index contributed by atoms with van der Waals surface area (Å²) in [6.45, 7) is 4.74. The summed E-state index contributed by atoms with van der Waals surface area (Å²) in [5.74, 6) is 3.30. The summed E-state index contributed by atoms with van der Waals surface area (Å²) in [5, 5.41) is 9.23. The molecule has 118 valence electrons. The first-order valence-electron chi connectivity index (χ1n) is 9.13. The van der Waals surface area contributed by atoms with Crippen LogP contribution in [0.5, 0.6) is 0 Å². The lowest BCUT2D eigenvalue weighted by Crippen LogP contribution is -2.52. The predicted molar refractivity (Wildman–Crippen MR) is 85.8 cm³/mol. The molecule has 0 N–H and O–H groups in total. The van der Waals surface area contributed by atoms with Crippen molar-refractivity contribution >= 4 is 5.78 Å². The van der Waals surface area contributed by atoms with Crippen molar-refractivity contribution in [3.8, 4) is 6.07 Å². The van der Waals surface area contributed by atoms with Gasteiger partial charge < -0.3 is 0 Å². The highest BCUT2D eigenvalue weighted by Crippen LogP contribution is 2.64. The predicted octanol–water partition coefficient (Wildman–Crippen LogP) is 4.66. The van der Waals surface area contributed by atoms with Crippen molar-refractivity contribution in [2.75, 3.05) is 0 Å². The molecule has 0 heterocycles. The van der Waals surface area contributed by atoms with Crippen LogP contribution in [0, 0.1) is 45.8 Å². The number of hydrogen-bond acceptors (Lipinski definition) is 2. The molecule has 2 heteroatoms. The lowest BCUT2D eigenvalue weighted by molar-refractivity contribution is -0.135. The van der Waals surface area contributed by atoms with Gasteiger partial charge in [0.15, 0.2) is 0 Å². The zero-order chi connectivity index (χ0) is 15.5. The van der Waals surface area contributed by atoms with Crippen LogP contribution in [0.15, 0.2) is 11.6 Å². The fraction of sp³-hybridized carbons (Fsp3) is 0.800. The minimum Gasteiger partial charge on any atom is -0.299 e. The van der Waals surface area contributed by atoms with Crippen molar-refractivity contribution in [3.63, 3.8) is 0 Å². The molecule has 4 aliphatic carbocycles. The zero-order valence-electron chi connectivity index (χ0n) is 13.9. The van der Waals surface area contributed by atoms with E-state index in [4.69, 9.17) is 0 Å². The molecule has 0 aliphatic heterocycles. The third-order valence-corrected chi connectivity index (χ3v) is 8.13. The Labute approximate surface area is 134 Å². The molecule has 0 bridgehead atoms. The molecule has 4 rings (SSSR count). The second kappa shape index (κ2) is 4.70. The van der Waals surface area contributed by atoms with Crippen molar-refractivity contribution in [1.82, 2.24) is 0 Å². The Kier molecular flexibility index (Phi) is 3.09. The Morgan fingerprint density at radius 2 is 1.91 bits per heavy atom. The molecule has 0 radical (unpaired) electrons. The first kappa shape index (κ1) is 14.5. The molecular formula is C20H27NO. The maximum atomic E-state index is 12.4. The fourth-order valence-electron chi connectivity index (χ4n) is 6.72. The van der Waals surface area contributed by atoms with E-state index in [-0.39, 0.29) is 5.41 Å². The monoisotopic (exact) mass is 297 g/mol. The SMILES string of the molecule is CC12CCC3C(CCC4C=C(C#N)CCC43C)C1CCC2=O. The summed E-state index contributed by atoms with van der Waals surface area (Å²) in [4.78, 5) is 12.4. The molecule has 0 aromatic rings. The van der Waals surface area contributed by atoms with Crippen LogP contribution in [0.3, 0.4) is 0 Å². The van der Waals surface area contributed by atoms with E-state index < -0.39 is 0 Å². The van der Waals surface area contributed by atoms with Gasteiger partial charge in [0.1, 0.15) is 5.78 Å². The molecule has 3 saturated carbocycles. The highest BCUT2D eigenvalue weighted by atomic mass is 16.1. The largest absolute Gasteiger partial charge is 0.299 e. The topological polar surface area (TPSA) is 40.9 Å². The average Bonchev–Trinajstić information content (AvgIpc) is 2.82. The first-order valence-corrected chi connectivity index (χ1v) is 9.13. The van der Waals surface area contributed by atoms with Gasteiger partial charge in [-0.05, 0) is 74.0 Å². The van der Waals surface area contributed by atoms with Crippen molar-refractivity contribution in [1.29, 1.82) is 5.26 Å². The molecule has 22 heavy (non-hydrogen) atoms. The van der Waals surface area contributed by atoms with Gasteiger partial charge in [0.2, 0.25) is 0 Å². The van der Waals surface area contributed by atoms with E-state index in [9.17, 15) is 10.1 Å². The minimum absolute atomic E-state index is 0.00726. The first-order chi connectivity index (χ1) is 10.5. The van der Waals surface area contributed by atoms with E-state index in [0.29, 0.717) is 23.0 Å². The van der Waals surface area contributed by atoms with Crippen LogP contribution < -0.4 is 0 Å². The summed E-state index contributed by atoms with van der Waals surface area (Å²) >= 11 is 0. The van der Waals surface area contributed by atoms with E-state index in [0.717, 1.165) is 43.1 Å². The van der Waals surface area contributed by atoms with E-state index in [1.165, 1.54) is 25.7 Å². The van der Waals surface area contributed by atoms with Gasteiger partial charge >= 0.3 is 0 Å². The van der Waals surface area contributed by atoms with Crippen LogP contribution in [0.2, 0.25) is 0 Å². The third-order valence-electron chi connectivity index (χ3n) is 8.13. The molecule has 0 amide bonds. The maximum absolute atomic E-state index is 12.4. The molecular weight excluding hydrogens is 270 g/mol. The number of allylic oxidation sites excluding steroid dienone is 2. The Bertz CT molecular complexity index is 585. The number of carbonyl (C=O) groups is 1. The number of ketones is 1. The smallest absolute Gasteiger partial charge is 0.139 e. The Hall–Kier alpha value is -1.10. The number of hydrogen-bond donors (Lipinski definition) is 0. The Morgan fingerprint density at radius 1 is 1.09 bits per heavy atom. The molecule has 0 aromatic heterocycles. The van der Waals surface area contributed by atoms with E-state index >= 15 is 0 Å². The van der Waals surface area contributed by atoms with Gasteiger partial charge in [0.05, 0.1) is 6.07 Å². The van der Waals surface area contributed by atoms with Crippen LogP contribution in [-0.2, 0) is 4.79 Å². The molecule has 2 nitrogen and oxygen atoms in total. The molecule has 6 atom stereocenters. The van der Waals surface area contributed by atoms with Crippen LogP contribution in [0.25, 0.3) is 0 Å². The van der Waals surface area contributed by atoms with Crippen molar-refractivity contribution in [2.45, 2.75) is 65.2 Å². The summed E-state index contributed by atoms with van der Waals surface area (Å²) in [6, 6.07) is 2.39. The van der Waals surface area contributed by atoms with Gasteiger partial charge in [-0.2, -0.15) is 5.26 Å². The van der Waals surface area contributed by atoms with Crippen molar-refractivity contribution < 1.29 is 4.79 Å². The second-order valence-corrected chi connectivity index (χ2v) is 8.79. The number of Topliss-reactive ketones (excluding diaryl/α,β-unsaturated/α-hetero) is 1. The molecule has 3 fully saturated rings. The van der Waals surface area contributed by atoms with Crippen molar-refractivity contribution in [3.05, 3.63) is 11.6 Å². The summed E-state index contributed by atoms with van der Waals surface area (Å²) in [5.41, 5.74) is 1.38. The molecule has 0 spiro atoms.